The maximum absolute atomic E-state index is 14.6. The third kappa shape index (κ3) is 2.71. The number of anilines is 1. The molecule has 7 heteroatoms. The number of hydrogen-bond donors (Lipinski definition) is 2. The Kier molecular flexibility index (Phi) is 3.84. The van der Waals surface area contributed by atoms with Crippen molar-refractivity contribution in [2.75, 3.05) is 12.3 Å². The van der Waals surface area contributed by atoms with Gasteiger partial charge in [-0.15, -0.1) is 11.3 Å². The van der Waals surface area contributed by atoms with E-state index >= 15 is 0 Å². The number of rotatable bonds is 2. The first kappa shape index (κ1) is 16.8. The van der Waals surface area contributed by atoms with Crippen LogP contribution in [0.1, 0.15) is 15.9 Å². The van der Waals surface area contributed by atoms with Gasteiger partial charge < -0.3 is 11.1 Å². The molecule has 0 radical (unpaired) electrons. The summed E-state index contributed by atoms with van der Waals surface area (Å²) in [6, 6.07) is 10.7. The van der Waals surface area contributed by atoms with E-state index in [0.717, 1.165) is 27.8 Å². The number of hydrogen-bond acceptors (Lipinski definition) is 5. The molecule has 1 amide bonds. The molecular weight excluding hydrogens is 375 g/mol. The van der Waals surface area contributed by atoms with E-state index in [2.05, 4.69) is 15.3 Å². The highest BCUT2D eigenvalue weighted by Crippen LogP contribution is 2.34. The molecule has 138 valence electrons. The highest BCUT2D eigenvalue weighted by molar-refractivity contribution is 7.16. The molecule has 0 bridgehead atoms. The summed E-state index contributed by atoms with van der Waals surface area (Å²) in [6.45, 7) is 0.614. The van der Waals surface area contributed by atoms with Gasteiger partial charge in [0, 0.05) is 41.1 Å². The van der Waals surface area contributed by atoms with Gasteiger partial charge in [0.2, 0.25) is 0 Å². The number of amides is 1. The zero-order chi connectivity index (χ0) is 19.3. The third-order valence-electron chi connectivity index (χ3n) is 4.99. The van der Waals surface area contributed by atoms with Crippen molar-refractivity contribution in [3.8, 4) is 22.3 Å². The monoisotopic (exact) mass is 390 g/mol. The second-order valence-corrected chi connectivity index (χ2v) is 7.57. The molecule has 0 atom stereocenters. The van der Waals surface area contributed by atoms with Crippen molar-refractivity contribution in [1.82, 2.24) is 15.3 Å². The van der Waals surface area contributed by atoms with Crippen LogP contribution in [-0.2, 0) is 6.42 Å². The number of carbonyl (C=O) groups is 1. The number of aromatic nitrogens is 2. The minimum atomic E-state index is -0.349. The molecule has 0 aliphatic carbocycles. The molecule has 2 aromatic heterocycles. The van der Waals surface area contributed by atoms with Crippen molar-refractivity contribution in [3.05, 3.63) is 65.0 Å². The van der Waals surface area contributed by atoms with Gasteiger partial charge in [-0.25, -0.2) is 14.4 Å². The zero-order valence-corrected chi connectivity index (χ0v) is 15.5. The van der Waals surface area contributed by atoms with Crippen molar-refractivity contribution in [3.63, 3.8) is 0 Å². The number of nitrogens with zero attached hydrogens (tertiary/aromatic N) is 2. The molecule has 3 N–H and O–H groups in total. The van der Waals surface area contributed by atoms with Crippen molar-refractivity contribution >= 4 is 33.3 Å². The topological polar surface area (TPSA) is 80.9 Å². The standard InChI is InChI=1S/C21H15FN4OS/c22-17-8-18-19(28-10-26-18)7-15(17)13-6-16(20(23)25-9-13)11-1-2-14-12(5-11)3-4-24-21(14)27/h1-2,5-10H,3-4H2,(H2,23,25)(H,24,27). The number of carbonyl (C=O) groups excluding carboxylic acids is 1. The maximum atomic E-state index is 14.6. The molecule has 4 aromatic rings. The van der Waals surface area contributed by atoms with E-state index < -0.39 is 0 Å². The third-order valence-corrected chi connectivity index (χ3v) is 5.78. The van der Waals surface area contributed by atoms with E-state index in [-0.39, 0.29) is 11.7 Å². The summed E-state index contributed by atoms with van der Waals surface area (Å²) < 4.78 is 15.6. The molecule has 0 unspecified atom stereocenters. The lowest BCUT2D eigenvalue weighted by molar-refractivity contribution is 0.0946. The zero-order valence-electron chi connectivity index (χ0n) is 14.7. The molecule has 1 aliphatic heterocycles. The Hall–Kier alpha value is -3.32. The molecular formula is C21H15FN4OS. The van der Waals surface area contributed by atoms with Gasteiger partial charge >= 0.3 is 0 Å². The fourth-order valence-corrected chi connectivity index (χ4v) is 4.25. The van der Waals surface area contributed by atoms with Crippen LogP contribution in [0.15, 0.2) is 48.1 Å². The number of benzene rings is 2. The number of fused-ring (bicyclic) bond motifs is 2. The Morgan fingerprint density at radius 1 is 1.04 bits per heavy atom. The molecule has 0 spiro atoms. The van der Waals surface area contributed by atoms with Crippen LogP contribution in [0.4, 0.5) is 10.2 Å². The summed E-state index contributed by atoms with van der Waals surface area (Å²) in [6.07, 6.45) is 2.34. The summed E-state index contributed by atoms with van der Waals surface area (Å²) in [5.74, 6) is -0.0474. The van der Waals surface area contributed by atoms with Gasteiger partial charge in [0.05, 0.1) is 15.7 Å². The van der Waals surface area contributed by atoms with E-state index in [1.807, 2.05) is 18.2 Å². The van der Waals surface area contributed by atoms with Crippen LogP contribution in [0.3, 0.4) is 0 Å². The number of thiazole rings is 1. The average molecular weight is 390 g/mol. The average Bonchev–Trinajstić information content (AvgIpc) is 3.15. The largest absolute Gasteiger partial charge is 0.383 e. The van der Waals surface area contributed by atoms with Crippen LogP contribution in [0.25, 0.3) is 32.5 Å². The summed E-state index contributed by atoms with van der Waals surface area (Å²) in [4.78, 5) is 20.4. The Balaban J connectivity index is 1.63. The predicted octanol–water partition coefficient (Wildman–Crippen LogP) is 4.03. The highest BCUT2D eigenvalue weighted by Gasteiger charge is 2.18. The fourth-order valence-electron chi connectivity index (χ4n) is 3.55. The van der Waals surface area contributed by atoms with Gasteiger partial charge in [0.15, 0.2) is 0 Å². The molecule has 28 heavy (non-hydrogen) atoms. The lowest BCUT2D eigenvalue weighted by Gasteiger charge is -2.18. The molecule has 5 rings (SSSR count). The fraction of sp³-hybridized carbons (Fsp3) is 0.0952. The molecule has 2 aromatic carbocycles. The summed E-state index contributed by atoms with van der Waals surface area (Å²) in [5.41, 5.74) is 12.8. The number of pyridine rings is 1. The Morgan fingerprint density at radius 2 is 1.93 bits per heavy atom. The van der Waals surface area contributed by atoms with Crippen molar-refractivity contribution in [2.24, 2.45) is 0 Å². The van der Waals surface area contributed by atoms with E-state index in [4.69, 9.17) is 5.73 Å². The molecule has 1 aliphatic rings. The van der Waals surface area contributed by atoms with E-state index in [0.29, 0.717) is 34.6 Å². The summed E-state index contributed by atoms with van der Waals surface area (Å²) in [7, 11) is 0. The van der Waals surface area contributed by atoms with Crippen molar-refractivity contribution in [2.45, 2.75) is 6.42 Å². The number of nitrogens with two attached hydrogens (primary N) is 1. The minimum absolute atomic E-state index is 0.0624. The Bertz CT molecular complexity index is 1250. The van der Waals surface area contributed by atoms with Crippen LogP contribution in [0, 0.1) is 5.82 Å². The van der Waals surface area contributed by atoms with Gasteiger partial charge in [0.25, 0.3) is 5.91 Å². The van der Waals surface area contributed by atoms with Crippen molar-refractivity contribution < 1.29 is 9.18 Å². The molecule has 0 saturated carbocycles. The van der Waals surface area contributed by atoms with E-state index in [9.17, 15) is 9.18 Å². The second-order valence-electron chi connectivity index (χ2n) is 6.69. The van der Waals surface area contributed by atoms with Gasteiger partial charge in [-0.1, -0.05) is 12.1 Å². The molecule has 3 heterocycles. The smallest absolute Gasteiger partial charge is 0.251 e. The molecule has 0 saturated heterocycles. The van der Waals surface area contributed by atoms with Crippen LogP contribution >= 0.6 is 11.3 Å². The number of nitrogen functional groups attached to an aromatic ring is 1. The second kappa shape index (κ2) is 6.38. The lowest BCUT2D eigenvalue weighted by Crippen LogP contribution is -2.31. The normalized spacial score (nSPS) is 13.4. The molecule has 5 nitrogen and oxygen atoms in total. The van der Waals surface area contributed by atoms with Gasteiger partial charge in [-0.2, -0.15) is 0 Å². The summed E-state index contributed by atoms with van der Waals surface area (Å²) in [5, 5.41) is 2.84. The van der Waals surface area contributed by atoms with Gasteiger partial charge in [-0.05, 0) is 35.7 Å². The van der Waals surface area contributed by atoms with Gasteiger partial charge in [-0.3, -0.25) is 4.79 Å². The SMILES string of the molecule is Nc1ncc(-c2cc3scnc3cc2F)cc1-c1ccc2c(c1)CCNC2=O. The Labute approximate surface area is 164 Å². The quantitative estimate of drug-likeness (QED) is 0.541. The van der Waals surface area contributed by atoms with Crippen molar-refractivity contribution in [1.29, 1.82) is 0 Å². The van der Waals surface area contributed by atoms with Crippen LogP contribution in [0.5, 0.6) is 0 Å². The predicted molar refractivity (Wildman–Crippen MR) is 109 cm³/mol. The van der Waals surface area contributed by atoms with E-state index in [1.54, 1.807) is 23.8 Å². The first-order valence-electron chi connectivity index (χ1n) is 8.80. The maximum Gasteiger partial charge on any atom is 0.251 e. The van der Waals surface area contributed by atoms with Crippen LogP contribution in [-0.4, -0.2) is 22.4 Å². The first-order valence-corrected chi connectivity index (χ1v) is 9.68. The first-order chi connectivity index (χ1) is 13.6. The lowest BCUT2D eigenvalue weighted by atomic mass is 9.94. The van der Waals surface area contributed by atoms with Crippen LogP contribution < -0.4 is 11.1 Å². The highest BCUT2D eigenvalue weighted by atomic mass is 32.1. The minimum Gasteiger partial charge on any atom is -0.383 e. The van der Waals surface area contributed by atoms with Gasteiger partial charge in [0.1, 0.15) is 11.6 Å². The number of nitrogens with one attached hydrogen (secondary N) is 1. The summed E-state index contributed by atoms with van der Waals surface area (Å²) >= 11 is 1.46. The Morgan fingerprint density at radius 3 is 2.82 bits per heavy atom. The molecule has 0 fully saturated rings. The van der Waals surface area contributed by atoms with E-state index in [1.165, 1.54) is 17.4 Å². The van der Waals surface area contributed by atoms with Crippen LogP contribution in [0.2, 0.25) is 0 Å². The number of halogens is 1.